The van der Waals surface area contributed by atoms with Crippen LogP contribution in [0.4, 0.5) is 0 Å². The Hall–Kier alpha value is -4.21. The van der Waals surface area contributed by atoms with E-state index in [1.54, 1.807) is 56.6 Å². The van der Waals surface area contributed by atoms with E-state index in [2.05, 4.69) is 9.97 Å². The average Bonchev–Trinajstić information content (AvgIpc) is 2.98. The maximum Gasteiger partial charge on any atom is 0.188 e. The van der Waals surface area contributed by atoms with Gasteiger partial charge in [-0.1, -0.05) is 48.5 Å². The van der Waals surface area contributed by atoms with Gasteiger partial charge in [-0.15, -0.1) is 0 Å². The van der Waals surface area contributed by atoms with Crippen LogP contribution in [0.3, 0.4) is 0 Å². The number of fused-ring (bicyclic) bond motifs is 1. The van der Waals surface area contributed by atoms with E-state index in [-0.39, 0.29) is 10.7 Å². The number of carbonyl (C=O) groups excluding carboxylic acids is 1. The lowest BCUT2D eigenvalue weighted by atomic mass is 9.86. The Labute approximate surface area is 252 Å². The second kappa shape index (κ2) is 11.5. The number of pyridine rings is 2. The molecule has 1 unspecified atom stereocenters. The lowest BCUT2D eigenvalue weighted by Gasteiger charge is -2.24. The van der Waals surface area contributed by atoms with Crippen molar-refractivity contribution in [3.8, 4) is 11.1 Å². The molecule has 220 valence electrons. The molecule has 0 saturated heterocycles. The highest BCUT2D eigenvalue weighted by Crippen LogP contribution is 2.37. The van der Waals surface area contributed by atoms with Crippen LogP contribution >= 0.6 is 0 Å². The van der Waals surface area contributed by atoms with E-state index in [1.807, 2.05) is 48.5 Å². The first-order valence-electron chi connectivity index (χ1n) is 13.7. The molecule has 0 saturated carbocycles. The van der Waals surface area contributed by atoms with Crippen molar-refractivity contribution in [3.63, 3.8) is 0 Å². The third kappa shape index (κ3) is 6.28. The second-order valence-electron chi connectivity index (χ2n) is 11.3. The summed E-state index contributed by atoms with van der Waals surface area (Å²) < 4.78 is 48.4. The van der Waals surface area contributed by atoms with Crippen molar-refractivity contribution in [1.29, 1.82) is 0 Å². The molecule has 0 aliphatic heterocycles. The molecule has 5 aromatic rings. The van der Waals surface area contributed by atoms with Crippen LogP contribution in [-0.2, 0) is 30.8 Å². The molecular weight excluding hydrogens is 581 g/mol. The van der Waals surface area contributed by atoms with E-state index in [0.717, 1.165) is 33.8 Å². The number of rotatable bonds is 9. The van der Waals surface area contributed by atoms with Crippen molar-refractivity contribution in [2.45, 2.75) is 35.8 Å². The molecule has 0 radical (unpaired) electrons. The Morgan fingerprint density at radius 3 is 2.16 bits per heavy atom. The second-order valence-corrected chi connectivity index (χ2v) is 15.8. The summed E-state index contributed by atoms with van der Waals surface area (Å²) in [5.74, 6) is -0.800. The predicted octanol–water partition coefficient (Wildman–Crippen LogP) is 6.19. The van der Waals surface area contributed by atoms with Crippen molar-refractivity contribution in [1.82, 2.24) is 9.97 Å². The molecule has 0 N–H and O–H groups in total. The van der Waals surface area contributed by atoms with Crippen LogP contribution in [0.5, 0.6) is 0 Å². The van der Waals surface area contributed by atoms with Crippen molar-refractivity contribution in [2.75, 3.05) is 12.5 Å². The molecule has 43 heavy (non-hydrogen) atoms. The highest BCUT2D eigenvalue weighted by atomic mass is 32.2. The smallest absolute Gasteiger partial charge is 0.188 e. The van der Waals surface area contributed by atoms with Crippen LogP contribution in [0, 0.1) is 0 Å². The molecule has 5 rings (SSSR count). The number of benzene rings is 3. The van der Waals surface area contributed by atoms with E-state index >= 15 is 0 Å². The zero-order valence-corrected chi connectivity index (χ0v) is 26.0. The molecule has 1 atom stereocenters. The summed E-state index contributed by atoms with van der Waals surface area (Å²) in [5, 5.41) is 0.825. The lowest BCUT2D eigenvalue weighted by molar-refractivity contribution is 0.0954. The van der Waals surface area contributed by atoms with Crippen LogP contribution in [0.15, 0.2) is 108 Å². The molecule has 0 fully saturated rings. The molecule has 0 amide bonds. The quantitative estimate of drug-likeness (QED) is 0.183. The first-order valence-corrected chi connectivity index (χ1v) is 17.5. The Kier molecular flexibility index (Phi) is 8.07. The van der Waals surface area contributed by atoms with Crippen LogP contribution in [0.1, 0.15) is 46.9 Å². The van der Waals surface area contributed by atoms with Gasteiger partial charge in [0.25, 0.3) is 0 Å². The van der Waals surface area contributed by atoms with E-state index in [1.165, 1.54) is 18.4 Å². The maximum absolute atomic E-state index is 13.8. The molecule has 2 aromatic heterocycles. The van der Waals surface area contributed by atoms with Crippen LogP contribution < -0.4 is 0 Å². The first kappa shape index (κ1) is 30.3. The standard InChI is InChI=1S/C34H32N2O5S2/c1-34(2,43(4,40)41)27-21-26-11-8-18-36-32(26)29(22-27)25-10-7-9-23(19-25)20-30(33(37)31-12-5-6-17-35-31)24-13-15-28(16-14-24)42(3,38)39/h5-19,21-22,30H,20H2,1-4H3. The SMILES string of the molecule is CC(C)(c1cc(-c2cccc(CC(C(=O)c3ccccn3)c3ccc(S(C)(=O)=O)cc3)c2)c2ncccc2c1)S(C)(=O)=O. The number of hydrogen-bond acceptors (Lipinski definition) is 7. The van der Waals surface area contributed by atoms with Gasteiger partial charge >= 0.3 is 0 Å². The predicted molar refractivity (Wildman–Crippen MR) is 170 cm³/mol. The summed E-state index contributed by atoms with van der Waals surface area (Å²) in [6, 6.07) is 26.8. The normalized spacial score (nSPS) is 13.1. The fourth-order valence-electron chi connectivity index (χ4n) is 5.07. The van der Waals surface area contributed by atoms with E-state index in [4.69, 9.17) is 0 Å². The van der Waals surface area contributed by atoms with Gasteiger partial charge in [-0.3, -0.25) is 14.8 Å². The fraction of sp³-hybridized carbons (Fsp3) is 0.206. The molecule has 3 aromatic carbocycles. The number of carbonyl (C=O) groups is 1. The van der Waals surface area contributed by atoms with E-state index in [9.17, 15) is 21.6 Å². The van der Waals surface area contributed by atoms with Crippen LogP contribution in [-0.4, -0.2) is 45.1 Å². The Morgan fingerprint density at radius 2 is 1.51 bits per heavy atom. The summed E-state index contributed by atoms with van der Waals surface area (Å²) in [7, 11) is -6.82. The Morgan fingerprint density at radius 1 is 0.791 bits per heavy atom. The van der Waals surface area contributed by atoms with Gasteiger partial charge < -0.3 is 0 Å². The fourth-order valence-corrected chi connectivity index (χ4v) is 6.25. The maximum atomic E-state index is 13.8. The molecular formula is C34H32N2O5S2. The zero-order valence-electron chi connectivity index (χ0n) is 24.4. The monoisotopic (exact) mass is 612 g/mol. The molecule has 0 aliphatic rings. The van der Waals surface area contributed by atoms with Gasteiger partial charge in [-0.25, -0.2) is 16.8 Å². The number of sulfone groups is 2. The number of nitrogens with zero attached hydrogens (tertiary/aromatic N) is 2. The molecule has 2 heterocycles. The topological polar surface area (TPSA) is 111 Å². The summed E-state index contributed by atoms with van der Waals surface area (Å²) in [5.41, 5.74) is 4.89. The largest absolute Gasteiger partial charge is 0.292 e. The van der Waals surface area contributed by atoms with E-state index in [0.29, 0.717) is 23.2 Å². The van der Waals surface area contributed by atoms with Gasteiger partial charge in [-0.2, -0.15) is 0 Å². The summed E-state index contributed by atoms with van der Waals surface area (Å²) in [4.78, 5) is 22.8. The zero-order chi connectivity index (χ0) is 31.0. The lowest BCUT2D eigenvalue weighted by Crippen LogP contribution is -2.28. The average molecular weight is 613 g/mol. The van der Waals surface area contributed by atoms with Gasteiger partial charge in [-0.05, 0) is 85.0 Å². The van der Waals surface area contributed by atoms with Crippen molar-refractivity contribution in [3.05, 3.63) is 126 Å². The molecule has 7 nitrogen and oxygen atoms in total. The Balaban J connectivity index is 1.60. The third-order valence-corrected chi connectivity index (χ3v) is 11.2. The molecule has 0 aliphatic carbocycles. The van der Waals surface area contributed by atoms with Gasteiger partial charge in [0.15, 0.2) is 25.5 Å². The highest BCUT2D eigenvalue weighted by Gasteiger charge is 2.33. The summed E-state index contributed by atoms with van der Waals surface area (Å²) in [6.45, 7) is 3.39. The summed E-state index contributed by atoms with van der Waals surface area (Å²) in [6.07, 6.45) is 6.00. The Bertz CT molecular complexity index is 2040. The van der Waals surface area contributed by atoms with Crippen LogP contribution in [0.25, 0.3) is 22.0 Å². The van der Waals surface area contributed by atoms with Crippen molar-refractivity contribution < 1.29 is 21.6 Å². The van der Waals surface area contributed by atoms with Crippen LogP contribution in [0.2, 0.25) is 0 Å². The minimum absolute atomic E-state index is 0.179. The van der Waals surface area contributed by atoms with Gasteiger partial charge in [0.1, 0.15) is 5.69 Å². The summed E-state index contributed by atoms with van der Waals surface area (Å²) >= 11 is 0. The number of hydrogen-bond donors (Lipinski definition) is 0. The number of ketones is 1. The minimum atomic E-state index is -3.43. The molecule has 0 bridgehead atoms. The van der Waals surface area contributed by atoms with Crippen molar-refractivity contribution in [2.24, 2.45) is 0 Å². The van der Waals surface area contributed by atoms with Gasteiger partial charge in [0, 0.05) is 35.9 Å². The van der Waals surface area contributed by atoms with Gasteiger partial charge in [0.2, 0.25) is 0 Å². The minimum Gasteiger partial charge on any atom is -0.292 e. The number of aromatic nitrogens is 2. The molecule has 0 spiro atoms. The first-order chi connectivity index (χ1) is 20.3. The molecule has 9 heteroatoms. The van der Waals surface area contributed by atoms with E-state index < -0.39 is 30.3 Å². The third-order valence-electron chi connectivity index (χ3n) is 7.95. The van der Waals surface area contributed by atoms with Gasteiger partial charge in [0.05, 0.1) is 21.1 Å². The highest BCUT2D eigenvalue weighted by molar-refractivity contribution is 7.91. The van der Waals surface area contributed by atoms with Crippen molar-refractivity contribution >= 4 is 36.4 Å². The number of Topliss-reactive ketones (excluding diaryl/α,β-unsaturated/α-hetero) is 1.